The molecule has 22 heavy (non-hydrogen) atoms. The molecular formula is C16H24ClNO4. The molecule has 0 aromatic carbocycles. The molecule has 0 unspecified atom stereocenters. The third-order valence-electron chi connectivity index (χ3n) is 3.02. The van der Waals surface area contributed by atoms with Gasteiger partial charge in [0, 0.05) is 12.1 Å². The van der Waals surface area contributed by atoms with Crippen molar-refractivity contribution in [1.29, 1.82) is 0 Å². The quantitative estimate of drug-likeness (QED) is 0.574. The van der Waals surface area contributed by atoms with Gasteiger partial charge < -0.3 is 14.8 Å². The van der Waals surface area contributed by atoms with Crippen LogP contribution in [0.1, 0.15) is 40.5 Å². The van der Waals surface area contributed by atoms with Crippen molar-refractivity contribution >= 4 is 23.5 Å². The summed E-state index contributed by atoms with van der Waals surface area (Å²) < 4.78 is 10.4. The van der Waals surface area contributed by atoms with Crippen LogP contribution in [0.5, 0.6) is 0 Å². The second-order valence-corrected chi connectivity index (χ2v) is 6.13. The van der Waals surface area contributed by atoms with Crippen LogP contribution in [0.4, 0.5) is 0 Å². The van der Waals surface area contributed by atoms with E-state index in [2.05, 4.69) is 5.32 Å². The van der Waals surface area contributed by atoms with E-state index in [0.29, 0.717) is 24.3 Å². The standard InChI is InChI=1S/C16H24ClNO4/c1-11(2)21-14(19)13-6-8-16(18-10-13,7-5-9-17)15(20)22-12(3)4/h6,8,10-12,18H,5,7,9H2,1-4H3/t16-/m1/s1. The molecule has 124 valence electrons. The van der Waals surface area contributed by atoms with E-state index < -0.39 is 11.5 Å². The van der Waals surface area contributed by atoms with Gasteiger partial charge in [-0.25, -0.2) is 9.59 Å². The Balaban J connectivity index is 2.86. The van der Waals surface area contributed by atoms with Gasteiger partial charge in [-0.1, -0.05) is 0 Å². The number of hydrogen-bond donors (Lipinski definition) is 1. The van der Waals surface area contributed by atoms with Gasteiger partial charge >= 0.3 is 11.9 Å². The molecule has 1 heterocycles. The Hall–Kier alpha value is -1.49. The fourth-order valence-corrected chi connectivity index (χ4v) is 2.13. The highest BCUT2D eigenvalue weighted by molar-refractivity contribution is 6.17. The van der Waals surface area contributed by atoms with Crippen LogP contribution in [0.3, 0.4) is 0 Å². The summed E-state index contributed by atoms with van der Waals surface area (Å²) in [4.78, 5) is 24.2. The van der Waals surface area contributed by atoms with Gasteiger partial charge in [0.05, 0.1) is 17.8 Å². The highest BCUT2D eigenvalue weighted by Gasteiger charge is 2.38. The fraction of sp³-hybridized carbons (Fsp3) is 0.625. The van der Waals surface area contributed by atoms with Gasteiger partial charge in [0.15, 0.2) is 5.54 Å². The first-order chi connectivity index (χ1) is 10.3. The lowest BCUT2D eigenvalue weighted by atomic mass is 9.90. The Kier molecular flexibility index (Phi) is 6.94. The van der Waals surface area contributed by atoms with Crippen LogP contribution in [0.2, 0.25) is 0 Å². The molecule has 1 rings (SSSR count). The fourth-order valence-electron chi connectivity index (χ4n) is 1.99. The molecule has 1 atom stereocenters. The minimum atomic E-state index is -0.985. The third kappa shape index (κ3) is 5.05. The molecule has 0 fully saturated rings. The minimum Gasteiger partial charge on any atom is -0.461 e. The van der Waals surface area contributed by atoms with Crippen molar-refractivity contribution in [3.63, 3.8) is 0 Å². The first-order valence-corrected chi connectivity index (χ1v) is 7.99. The maximum absolute atomic E-state index is 12.4. The Morgan fingerprint density at radius 2 is 1.86 bits per heavy atom. The normalized spacial score (nSPS) is 20.6. The smallest absolute Gasteiger partial charge is 0.339 e. The highest BCUT2D eigenvalue weighted by Crippen LogP contribution is 2.23. The van der Waals surface area contributed by atoms with Crippen molar-refractivity contribution in [2.75, 3.05) is 5.88 Å². The third-order valence-corrected chi connectivity index (χ3v) is 3.29. The van der Waals surface area contributed by atoms with E-state index in [0.717, 1.165) is 0 Å². The Labute approximate surface area is 136 Å². The van der Waals surface area contributed by atoms with E-state index in [1.54, 1.807) is 39.8 Å². The zero-order valence-electron chi connectivity index (χ0n) is 13.5. The van der Waals surface area contributed by atoms with E-state index in [1.807, 2.05) is 0 Å². The average Bonchev–Trinajstić information content (AvgIpc) is 2.44. The van der Waals surface area contributed by atoms with Crippen LogP contribution in [0, 0.1) is 0 Å². The van der Waals surface area contributed by atoms with Crippen LogP contribution < -0.4 is 5.32 Å². The predicted octanol–water partition coefficient (Wildman–Crippen LogP) is 2.69. The molecule has 0 aromatic rings. The molecule has 0 spiro atoms. The van der Waals surface area contributed by atoms with Crippen LogP contribution in [0.15, 0.2) is 23.9 Å². The van der Waals surface area contributed by atoms with E-state index in [9.17, 15) is 9.59 Å². The molecule has 0 amide bonds. The Bertz CT molecular complexity index is 471. The number of hydrogen-bond acceptors (Lipinski definition) is 5. The number of carbonyl (C=O) groups excluding carboxylic acids is 2. The summed E-state index contributed by atoms with van der Waals surface area (Å²) in [5.74, 6) is -0.364. The molecule has 0 saturated carbocycles. The topological polar surface area (TPSA) is 64.6 Å². The van der Waals surface area contributed by atoms with Crippen LogP contribution >= 0.6 is 11.6 Å². The zero-order chi connectivity index (χ0) is 16.8. The Morgan fingerprint density at radius 3 is 2.32 bits per heavy atom. The maximum atomic E-state index is 12.4. The first-order valence-electron chi connectivity index (χ1n) is 7.46. The van der Waals surface area contributed by atoms with Crippen molar-refractivity contribution < 1.29 is 19.1 Å². The molecule has 1 N–H and O–H groups in total. The van der Waals surface area contributed by atoms with Crippen molar-refractivity contribution in [2.24, 2.45) is 0 Å². The van der Waals surface area contributed by atoms with Crippen molar-refractivity contribution in [2.45, 2.75) is 58.3 Å². The lowest BCUT2D eigenvalue weighted by molar-refractivity contribution is -0.153. The predicted molar refractivity (Wildman–Crippen MR) is 85.5 cm³/mol. The number of rotatable bonds is 7. The van der Waals surface area contributed by atoms with Crippen LogP contribution in [0.25, 0.3) is 0 Å². The molecule has 0 radical (unpaired) electrons. The van der Waals surface area contributed by atoms with Gasteiger partial charge in [-0.15, -0.1) is 11.6 Å². The molecule has 1 aliphatic rings. The summed E-state index contributed by atoms with van der Waals surface area (Å²) in [6.07, 6.45) is 5.47. The molecule has 6 heteroatoms. The largest absolute Gasteiger partial charge is 0.461 e. The molecule has 5 nitrogen and oxygen atoms in total. The summed E-state index contributed by atoms with van der Waals surface area (Å²) in [6.45, 7) is 7.15. The number of halogens is 1. The van der Waals surface area contributed by atoms with Gasteiger partial charge in [0.1, 0.15) is 0 Å². The van der Waals surface area contributed by atoms with Gasteiger partial charge in [0.25, 0.3) is 0 Å². The van der Waals surface area contributed by atoms with Gasteiger partial charge in [0.2, 0.25) is 0 Å². The van der Waals surface area contributed by atoms with E-state index in [1.165, 1.54) is 6.20 Å². The molecule has 1 aliphatic heterocycles. The average molecular weight is 330 g/mol. The van der Waals surface area contributed by atoms with E-state index in [4.69, 9.17) is 21.1 Å². The first kappa shape index (κ1) is 18.6. The number of dihydropyridines is 1. The molecule has 0 saturated heterocycles. The summed E-state index contributed by atoms with van der Waals surface area (Å²) in [5, 5.41) is 2.99. The number of nitrogens with one attached hydrogen (secondary N) is 1. The van der Waals surface area contributed by atoms with E-state index >= 15 is 0 Å². The lowest BCUT2D eigenvalue weighted by Gasteiger charge is -2.32. The van der Waals surface area contributed by atoms with Crippen LogP contribution in [-0.4, -0.2) is 35.6 Å². The summed E-state index contributed by atoms with van der Waals surface area (Å²) >= 11 is 5.74. The monoisotopic (exact) mass is 329 g/mol. The van der Waals surface area contributed by atoms with Gasteiger partial charge in [-0.2, -0.15) is 0 Å². The SMILES string of the molecule is CC(C)OC(=O)C1=CN[C@@](CCCCl)(C(=O)OC(C)C)C=C1. The Morgan fingerprint density at radius 1 is 1.23 bits per heavy atom. The number of esters is 2. The molecular weight excluding hydrogens is 306 g/mol. The van der Waals surface area contributed by atoms with Crippen molar-refractivity contribution in [3.8, 4) is 0 Å². The second-order valence-electron chi connectivity index (χ2n) is 5.75. The summed E-state index contributed by atoms with van der Waals surface area (Å²) in [7, 11) is 0. The molecule has 0 aliphatic carbocycles. The maximum Gasteiger partial charge on any atom is 0.339 e. The minimum absolute atomic E-state index is 0.198. The number of ether oxygens (including phenoxy) is 2. The second kappa shape index (κ2) is 8.22. The zero-order valence-corrected chi connectivity index (χ0v) is 14.3. The number of alkyl halides is 1. The van der Waals surface area contributed by atoms with Gasteiger partial charge in [-0.05, 0) is 52.7 Å². The van der Waals surface area contributed by atoms with E-state index in [-0.39, 0.29) is 18.2 Å². The van der Waals surface area contributed by atoms with Crippen molar-refractivity contribution in [1.82, 2.24) is 5.32 Å². The highest BCUT2D eigenvalue weighted by atomic mass is 35.5. The summed E-state index contributed by atoms with van der Waals surface area (Å²) in [5.41, 5.74) is -0.617. The van der Waals surface area contributed by atoms with Gasteiger partial charge in [-0.3, -0.25) is 0 Å². The lowest BCUT2D eigenvalue weighted by Crippen LogP contribution is -2.51. The molecule has 0 bridgehead atoms. The van der Waals surface area contributed by atoms with Crippen molar-refractivity contribution in [3.05, 3.63) is 23.9 Å². The molecule has 0 aromatic heterocycles. The number of carbonyl (C=O) groups is 2. The van der Waals surface area contributed by atoms with Crippen LogP contribution in [-0.2, 0) is 19.1 Å². The summed E-state index contributed by atoms with van der Waals surface area (Å²) in [6, 6.07) is 0.